The zero-order chi connectivity index (χ0) is 11.9. The maximum Gasteiger partial charge on any atom is 0.157 e. The lowest BCUT2D eigenvalue weighted by Crippen LogP contribution is -1.93. The largest absolute Gasteiger partial charge is 0.293 e. The quantitative estimate of drug-likeness (QED) is 0.628. The van der Waals surface area contributed by atoms with E-state index in [1.54, 1.807) is 0 Å². The van der Waals surface area contributed by atoms with Crippen LogP contribution in [0.3, 0.4) is 0 Å². The van der Waals surface area contributed by atoms with Gasteiger partial charge in [-0.05, 0) is 11.1 Å². The van der Waals surface area contributed by atoms with Crippen molar-refractivity contribution in [3.63, 3.8) is 0 Å². The van der Waals surface area contributed by atoms with Crippen LogP contribution in [-0.4, -0.2) is 5.62 Å². The van der Waals surface area contributed by atoms with Crippen LogP contribution in [0, 0.1) is 0 Å². The van der Waals surface area contributed by atoms with E-state index in [2.05, 4.69) is 24.3 Å². The van der Waals surface area contributed by atoms with Gasteiger partial charge in [0.05, 0.1) is 0 Å². The normalized spacial score (nSPS) is 10.9. The van der Waals surface area contributed by atoms with Gasteiger partial charge in [-0.1, -0.05) is 60.7 Å². The van der Waals surface area contributed by atoms with Crippen molar-refractivity contribution in [2.75, 3.05) is 0 Å². The molecule has 1 nitrogen and oxygen atoms in total. The molecule has 2 heteroatoms. The number of benzene rings is 2. The summed E-state index contributed by atoms with van der Waals surface area (Å²) in [5.41, 5.74) is 3.64. The standard InChI is InChI=1S/C15H16OS/c16-13-17(11-14-7-3-1-4-8-14)12-15-9-5-2-6-10-15/h1-10,13,17H,11-12H2. The first-order valence-electron chi connectivity index (χ1n) is 5.65. The molecule has 0 aliphatic carbocycles. The first kappa shape index (κ1) is 11.9. The maximum absolute atomic E-state index is 11.1. The second-order valence-corrected chi connectivity index (χ2v) is 6.00. The Labute approximate surface area is 105 Å². The van der Waals surface area contributed by atoms with E-state index >= 15 is 0 Å². The monoisotopic (exact) mass is 244 g/mol. The molecule has 0 atom stereocenters. The summed E-state index contributed by atoms with van der Waals surface area (Å²) in [6.07, 6.45) is 0. The van der Waals surface area contributed by atoms with Crippen molar-refractivity contribution in [2.24, 2.45) is 0 Å². The zero-order valence-corrected chi connectivity index (χ0v) is 10.5. The van der Waals surface area contributed by atoms with Crippen LogP contribution < -0.4 is 0 Å². The molecular formula is C15H16OS. The SMILES string of the molecule is O=C[SH](Cc1ccccc1)Cc1ccccc1. The Bertz CT molecular complexity index is 411. The summed E-state index contributed by atoms with van der Waals surface area (Å²) >= 11 is 0. The van der Waals surface area contributed by atoms with Crippen molar-refractivity contribution < 1.29 is 4.79 Å². The highest BCUT2D eigenvalue weighted by molar-refractivity contribution is 8.27. The molecule has 0 amide bonds. The highest BCUT2D eigenvalue weighted by atomic mass is 32.2. The molecular weight excluding hydrogens is 228 g/mol. The predicted molar refractivity (Wildman–Crippen MR) is 76.0 cm³/mol. The van der Waals surface area contributed by atoms with Gasteiger partial charge in [0.1, 0.15) is 0 Å². The first-order chi connectivity index (χ1) is 8.38. The third kappa shape index (κ3) is 3.75. The number of rotatable bonds is 5. The van der Waals surface area contributed by atoms with Gasteiger partial charge in [-0.25, -0.2) is 0 Å². The fraction of sp³-hybridized carbons (Fsp3) is 0.133. The topological polar surface area (TPSA) is 17.1 Å². The van der Waals surface area contributed by atoms with Crippen LogP contribution in [0.4, 0.5) is 0 Å². The minimum atomic E-state index is -0.592. The smallest absolute Gasteiger partial charge is 0.157 e. The van der Waals surface area contributed by atoms with Crippen LogP contribution in [0.25, 0.3) is 0 Å². The average molecular weight is 244 g/mol. The molecule has 2 aromatic rings. The molecule has 0 unspecified atom stereocenters. The molecule has 0 bridgehead atoms. The third-order valence-corrected chi connectivity index (χ3v) is 4.45. The molecule has 0 radical (unpaired) electrons. The first-order valence-corrected chi connectivity index (χ1v) is 7.44. The van der Waals surface area contributed by atoms with Crippen molar-refractivity contribution in [3.05, 3.63) is 71.8 Å². The van der Waals surface area contributed by atoms with Gasteiger partial charge in [-0.2, -0.15) is 10.9 Å². The van der Waals surface area contributed by atoms with Gasteiger partial charge in [-0.15, -0.1) is 0 Å². The molecule has 0 saturated carbocycles. The van der Waals surface area contributed by atoms with Crippen molar-refractivity contribution >= 4 is 16.5 Å². The molecule has 2 aromatic carbocycles. The molecule has 0 fully saturated rings. The van der Waals surface area contributed by atoms with E-state index in [4.69, 9.17) is 0 Å². The lowest BCUT2D eigenvalue weighted by atomic mass is 10.2. The van der Waals surface area contributed by atoms with Crippen molar-refractivity contribution in [3.8, 4) is 0 Å². The van der Waals surface area contributed by atoms with Gasteiger partial charge in [0.25, 0.3) is 0 Å². The molecule has 17 heavy (non-hydrogen) atoms. The summed E-state index contributed by atoms with van der Waals surface area (Å²) < 4.78 is 0. The Morgan fingerprint density at radius 2 is 1.18 bits per heavy atom. The summed E-state index contributed by atoms with van der Waals surface area (Å²) in [5, 5.41) is 0. The summed E-state index contributed by atoms with van der Waals surface area (Å²) in [4.78, 5) is 11.1. The van der Waals surface area contributed by atoms with E-state index in [1.807, 2.05) is 36.4 Å². The van der Waals surface area contributed by atoms with Gasteiger partial charge < -0.3 is 0 Å². The second-order valence-electron chi connectivity index (χ2n) is 3.98. The highest BCUT2D eigenvalue weighted by Gasteiger charge is 2.04. The van der Waals surface area contributed by atoms with Crippen LogP contribution in [0.1, 0.15) is 11.1 Å². The number of thiol groups is 1. The third-order valence-electron chi connectivity index (χ3n) is 2.61. The number of carbonyl (C=O) groups is 1. The van der Waals surface area contributed by atoms with E-state index < -0.39 is 10.9 Å². The van der Waals surface area contributed by atoms with E-state index in [0.29, 0.717) is 0 Å². The minimum absolute atomic E-state index is 0.592. The highest BCUT2D eigenvalue weighted by Crippen LogP contribution is 2.31. The fourth-order valence-corrected chi connectivity index (χ4v) is 3.39. The average Bonchev–Trinajstić information content (AvgIpc) is 2.40. The van der Waals surface area contributed by atoms with E-state index in [1.165, 1.54) is 11.1 Å². The van der Waals surface area contributed by atoms with Crippen LogP contribution in [0.2, 0.25) is 0 Å². The summed E-state index contributed by atoms with van der Waals surface area (Å²) in [7, 11) is -0.592. The number of hydrogen-bond acceptors (Lipinski definition) is 1. The Balaban J connectivity index is 2.01. The van der Waals surface area contributed by atoms with E-state index in [9.17, 15) is 4.79 Å². The maximum atomic E-state index is 11.1. The van der Waals surface area contributed by atoms with Gasteiger partial charge in [-0.3, -0.25) is 4.79 Å². The Kier molecular flexibility index (Phi) is 4.39. The molecule has 0 aromatic heterocycles. The molecule has 0 N–H and O–H groups in total. The molecule has 0 heterocycles. The van der Waals surface area contributed by atoms with Gasteiger partial charge in [0.15, 0.2) is 5.62 Å². The Morgan fingerprint density at radius 3 is 1.53 bits per heavy atom. The molecule has 2 rings (SSSR count). The Morgan fingerprint density at radius 1 is 0.765 bits per heavy atom. The van der Waals surface area contributed by atoms with Gasteiger partial charge in [0, 0.05) is 11.5 Å². The van der Waals surface area contributed by atoms with Gasteiger partial charge in [0.2, 0.25) is 0 Å². The van der Waals surface area contributed by atoms with Crippen molar-refractivity contribution in [1.29, 1.82) is 0 Å². The lowest BCUT2D eigenvalue weighted by Gasteiger charge is -2.14. The van der Waals surface area contributed by atoms with Crippen molar-refractivity contribution in [2.45, 2.75) is 11.5 Å². The van der Waals surface area contributed by atoms with Crippen LogP contribution in [-0.2, 0) is 16.3 Å². The van der Waals surface area contributed by atoms with Crippen LogP contribution in [0.15, 0.2) is 60.7 Å². The van der Waals surface area contributed by atoms with Crippen LogP contribution in [0.5, 0.6) is 0 Å². The van der Waals surface area contributed by atoms with E-state index in [0.717, 1.165) is 17.1 Å². The van der Waals surface area contributed by atoms with Gasteiger partial charge >= 0.3 is 0 Å². The van der Waals surface area contributed by atoms with Crippen LogP contribution >= 0.6 is 10.9 Å². The number of hydrogen-bond donors (Lipinski definition) is 1. The Hall–Kier alpha value is -1.54. The van der Waals surface area contributed by atoms with Crippen molar-refractivity contribution in [1.82, 2.24) is 0 Å². The summed E-state index contributed by atoms with van der Waals surface area (Å²) in [6, 6.07) is 20.5. The fourth-order valence-electron chi connectivity index (χ4n) is 1.77. The second kappa shape index (κ2) is 6.26. The predicted octanol–water partition coefficient (Wildman–Crippen LogP) is 3.58. The minimum Gasteiger partial charge on any atom is -0.293 e. The number of carbonyl (C=O) groups excluding carboxylic acids is 1. The zero-order valence-electron chi connectivity index (χ0n) is 9.62. The molecule has 88 valence electrons. The van der Waals surface area contributed by atoms with E-state index in [-0.39, 0.29) is 0 Å². The molecule has 0 aliphatic heterocycles. The lowest BCUT2D eigenvalue weighted by molar-refractivity contribution is 0.569. The summed E-state index contributed by atoms with van der Waals surface area (Å²) in [6.45, 7) is 0. The molecule has 0 aliphatic rings. The molecule has 0 saturated heterocycles. The summed E-state index contributed by atoms with van der Waals surface area (Å²) in [5.74, 6) is 1.77. The molecule has 0 spiro atoms.